The number of amides is 1. The monoisotopic (exact) mass is 382 g/mol. The maximum Gasteiger partial charge on any atom is 0.416 e. The van der Waals surface area contributed by atoms with Crippen LogP contribution in [0.4, 0.5) is 18.9 Å². The molecule has 0 heterocycles. The highest BCUT2D eigenvalue weighted by atomic mass is 32.2. The zero-order chi connectivity index (χ0) is 19.4. The van der Waals surface area contributed by atoms with Gasteiger partial charge in [0.1, 0.15) is 0 Å². The largest absolute Gasteiger partial charge is 0.416 e. The molecule has 0 aromatic heterocycles. The molecule has 0 bridgehead atoms. The molecule has 0 aliphatic carbocycles. The van der Waals surface area contributed by atoms with Gasteiger partial charge < -0.3 is 5.32 Å². The summed E-state index contributed by atoms with van der Waals surface area (Å²) in [5, 5.41) is 2.33. The molecule has 0 atom stereocenters. The Balaban J connectivity index is 2.15. The third-order valence-corrected chi connectivity index (χ3v) is 4.66. The Kier molecular flexibility index (Phi) is 5.69. The van der Waals surface area contributed by atoms with Crippen molar-refractivity contribution in [3.63, 3.8) is 0 Å². The van der Waals surface area contributed by atoms with Gasteiger partial charge in [0.15, 0.2) is 0 Å². The third-order valence-electron chi connectivity index (χ3n) is 3.24. The molecule has 1 amide bonds. The average molecular weight is 382 g/mol. The van der Waals surface area contributed by atoms with Gasteiger partial charge in [0.25, 0.3) is 5.91 Å². The first-order chi connectivity index (χ1) is 12.1. The molecule has 0 radical (unpaired) electrons. The quantitative estimate of drug-likeness (QED) is 0.781. The van der Waals surface area contributed by atoms with Crippen LogP contribution in [0.2, 0.25) is 0 Å². The summed E-state index contributed by atoms with van der Waals surface area (Å²) in [4.78, 5) is 12.0. The standard InChI is InChI=1S/C17H13F3N2O3S/c1-2-10-21-26(24,25)15-8-6-12(7-9-15)16(23)22-14-5-3-4-13(11-14)17(18,19)20/h1,3-9,11,21H,10H2,(H,22,23). The Labute approximate surface area is 148 Å². The second-order valence-electron chi connectivity index (χ2n) is 5.09. The van der Waals surface area contributed by atoms with Crippen LogP contribution in [0.5, 0.6) is 0 Å². The van der Waals surface area contributed by atoms with Crippen molar-refractivity contribution in [2.75, 3.05) is 11.9 Å². The molecule has 2 N–H and O–H groups in total. The van der Waals surface area contributed by atoms with Crippen LogP contribution in [-0.4, -0.2) is 20.9 Å². The van der Waals surface area contributed by atoms with E-state index in [1.165, 1.54) is 36.4 Å². The topological polar surface area (TPSA) is 75.3 Å². The first-order valence-corrected chi connectivity index (χ1v) is 8.63. The highest BCUT2D eigenvalue weighted by molar-refractivity contribution is 7.89. The number of carbonyl (C=O) groups is 1. The smallest absolute Gasteiger partial charge is 0.322 e. The van der Waals surface area contributed by atoms with E-state index in [4.69, 9.17) is 6.42 Å². The number of alkyl halides is 3. The summed E-state index contributed by atoms with van der Waals surface area (Å²) >= 11 is 0. The number of hydrogen-bond acceptors (Lipinski definition) is 3. The normalized spacial score (nSPS) is 11.6. The van der Waals surface area contributed by atoms with E-state index in [1.807, 2.05) is 0 Å². The summed E-state index contributed by atoms with van der Waals surface area (Å²) in [6, 6.07) is 9.06. The second kappa shape index (κ2) is 7.59. The van der Waals surface area contributed by atoms with Gasteiger partial charge in [-0.3, -0.25) is 4.79 Å². The van der Waals surface area contributed by atoms with E-state index >= 15 is 0 Å². The Morgan fingerprint density at radius 1 is 1.12 bits per heavy atom. The molecular formula is C17H13F3N2O3S. The predicted molar refractivity (Wildman–Crippen MR) is 89.9 cm³/mol. The van der Waals surface area contributed by atoms with E-state index in [-0.39, 0.29) is 22.7 Å². The predicted octanol–water partition coefficient (Wildman–Crippen LogP) is 2.87. The molecule has 0 unspecified atom stereocenters. The fourth-order valence-corrected chi connectivity index (χ4v) is 2.92. The fraction of sp³-hybridized carbons (Fsp3) is 0.118. The molecule has 0 aliphatic heterocycles. The molecule has 0 fully saturated rings. The Morgan fingerprint density at radius 2 is 1.77 bits per heavy atom. The molecule has 9 heteroatoms. The van der Waals surface area contributed by atoms with Crippen molar-refractivity contribution in [2.45, 2.75) is 11.1 Å². The number of benzene rings is 2. The Hall–Kier alpha value is -2.83. The maximum absolute atomic E-state index is 12.7. The van der Waals surface area contributed by atoms with Gasteiger partial charge in [-0.25, -0.2) is 8.42 Å². The van der Waals surface area contributed by atoms with Gasteiger partial charge in [-0.05, 0) is 42.5 Å². The number of carbonyl (C=O) groups excluding carboxylic acids is 1. The van der Waals surface area contributed by atoms with Crippen LogP contribution in [0.3, 0.4) is 0 Å². The zero-order valence-corrected chi connectivity index (χ0v) is 14.0. The van der Waals surface area contributed by atoms with Gasteiger partial charge in [-0.15, -0.1) is 6.42 Å². The van der Waals surface area contributed by atoms with Crippen molar-refractivity contribution in [3.05, 3.63) is 59.7 Å². The number of anilines is 1. The molecule has 0 saturated carbocycles. The van der Waals surface area contributed by atoms with Crippen LogP contribution in [0, 0.1) is 12.3 Å². The molecule has 0 saturated heterocycles. The van der Waals surface area contributed by atoms with Crippen molar-refractivity contribution in [1.82, 2.24) is 4.72 Å². The molecule has 26 heavy (non-hydrogen) atoms. The number of sulfonamides is 1. The number of nitrogens with one attached hydrogen (secondary N) is 2. The number of rotatable bonds is 5. The highest BCUT2D eigenvalue weighted by Gasteiger charge is 2.30. The maximum atomic E-state index is 12.7. The van der Waals surface area contributed by atoms with E-state index < -0.39 is 27.7 Å². The second-order valence-corrected chi connectivity index (χ2v) is 6.85. The minimum absolute atomic E-state index is 0.0304. The lowest BCUT2D eigenvalue weighted by atomic mass is 10.1. The van der Waals surface area contributed by atoms with Gasteiger partial charge in [-0.1, -0.05) is 12.0 Å². The van der Waals surface area contributed by atoms with Crippen LogP contribution in [0.1, 0.15) is 15.9 Å². The number of halogens is 3. The summed E-state index contributed by atoms with van der Waals surface area (Å²) in [6.07, 6.45) is 0.462. The molecule has 2 rings (SSSR count). The lowest BCUT2D eigenvalue weighted by molar-refractivity contribution is -0.137. The van der Waals surface area contributed by atoms with Crippen molar-refractivity contribution in [2.24, 2.45) is 0 Å². The van der Waals surface area contributed by atoms with Crippen LogP contribution in [0.25, 0.3) is 0 Å². The Morgan fingerprint density at radius 3 is 2.35 bits per heavy atom. The van der Waals surface area contributed by atoms with E-state index in [9.17, 15) is 26.4 Å². The lowest BCUT2D eigenvalue weighted by Crippen LogP contribution is -2.24. The first kappa shape index (κ1) is 19.5. The molecule has 136 valence electrons. The SMILES string of the molecule is C#CCNS(=O)(=O)c1ccc(C(=O)Nc2cccc(C(F)(F)F)c2)cc1. The molecular weight excluding hydrogens is 369 g/mol. The molecule has 2 aromatic carbocycles. The van der Waals surface area contributed by atoms with Gasteiger partial charge in [0.05, 0.1) is 17.0 Å². The zero-order valence-electron chi connectivity index (χ0n) is 13.2. The van der Waals surface area contributed by atoms with Gasteiger partial charge in [0, 0.05) is 11.3 Å². The average Bonchev–Trinajstić information content (AvgIpc) is 2.59. The first-order valence-electron chi connectivity index (χ1n) is 7.15. The van der Waals surface area contributed by atoms with Crippen molar-refractivity contribution < 1.29 is 26.4 Å². The van der Waals surface area contributed by atoms with Crippen LogP contribution in [-0.2, 0) is 16.2 Å². The molecule has 0 spiro atoms. The van der Waals surface area contributed by atoms with Gasteiger partial charge >= 0.3 is 6.18 Å². The minimum atomic E-state index is -4.53. The van der Waals surface area contributed by atoms with Crippen molar-refractivity contribution in [3.8, 4) is 12.3 Å². The number of terminal acetylenes is 1. The van der Waals surface area contributed by atoms with E-state index in [1.54, 1.807) is 0 Å². The molecule has 0 aliphatic rings. The van der Waals surface area contributed by atoms with Gasteiger partial charge in [0.2, 0.25) is 10.0 Å². The fourth-order valence-electron chi connectivity index (χ4n) is 1.98. The summed E-state index contributed by atoms with van der Waals surface area (Å²) in [5.74, 6) is 1.46. The van der Waals surface area contributed by atoms with Crippen LogP contribution >= 0.6 is 0 Å². The Bertz CT molecular complexity index is 946. The van der Waals surface area contributed by atoms with E-state index in [2.05, 4.69) is 16.0 Å². The number of hydrogen-bond donors (Lipinski definition) is 2. The molecule has 2 aromatic rings. The molecule has 5 nitrogen and oxygen atoms in total. The summed E-state index contributed by atoms with van der Waals surface area (Å²) in [7, 11) is -3.79. The third kappa shape index (κ3) is 4.84. The van der Waals surface area contributed by atoms with Crippen LogP contribution in [0.15, 0.2) is 53.4 Å². The summed E-state index contributed by atoms with van der Waals surface area (Å²) in [5.41, 5.74) is -0.841. The highest BCUT2D eigenvalue weighted by Crippen LogP contribution is 2.30. The summed E-state index contributed by atoms with van der Waals surface area (Å²) in [6.45, 7) is -0.180. The summed E-state index contributed by atoms with van der Waals surface area (Å²) < 4.78 is 64.0. The van der Waals surface area contributed by atoms with Crippen molar-refractivity contribution in [1.29, 1.82) is 0 Å². The minimum Gasteiger partial charge on any atom is -0.322 e. The van der Waals surface area contributed by atoms with E-state index in [0.717, 1.165) is 12.1 Å². The van der Waals surface area contributed by atoms with Crippen molar-refractivity contribution >= 4 is 21.6 Å². The van der Waals surface area contributed by atoms with E-state index in [0.29, 0.717) is 0 Å². The van der Waals surface area contributed by atoms with Gasteiger partial charge in [-0.2, -0.15) is 17.9 Å². The lowest BCUT2D eigenvalue weighted by Gasteiger charge is -2.10. The van der Waals surface area contributed by atoms with Crippen LogP contribution < -0.4 is 10.0 Å².